The van der Waals surface area contributed by atoms with E-state index in [-0.39, 0.29) is 17.2 Å². The average Bonchev–Trinajstić information content (AvgIpc) is 2.88. The first-order valence-electron chi connectivity index (χ1n) is 8.60. The number of carbonyl (C=O) groups excluding carboxylic acids is 2. The van der Waals surface area contributed by atoms with Gasteiger partial charge in [0.05, 0.1) is 10.6 Å². The number of ketones is 1. The third-order valence-electron chi connectivity index (χ3n) is 4.27. The number of nitro benzene ring substituents is 1. The van der Waals surface area contributed by atoms with E-state index in [1.807, 2.05) is 0 Å². The predicted molar refractivity (Wildman–Crippen MR) is 94.5 cm³/mol. The second-order valence-corrected chi connectivity index (χ2v) is 6.22. The molecule has 1 heterocycles. The van der Waals surface area contributed by atoms with Gasteiger partial charge in [0.15, 0.2) is 5.78 Å². The van der Waals surface area contributed by atoms with Crippen LogP contribution in [0.2, 0.25) is 0 Å². The summed E-state index contributed by atoms with van der Waals surface area (Å²) in [5, 5.41) is 16.4. The minimum absolute atomic E-state index is 0.159. The first-order chi connectivity index (χ1) is 12.0. The summed E-state index contributed by atoms with van der Waals surface area (Å²) in [6.07, 6.45) is 5.32. The van der Waals surface area contributed by atoms with Crippen molar-refractivity contribution in [2.75, 3.05) is 6.54 Å². The number of nitro groups is 1. The van der Waals surface area contributed by atoms with Gasteiger partial charge < -0.3 is 0 Å². The van der Waals surface area contributed by atoms with Crippen molar-refractivity contribution in [2.24, 2.45) is 11.0 Å². The van der Waals surface area contributed by atoms with Crippen molar-refractivity contribution >= 4 is 23.1 Å². The first-order valence-corrected chi connectivity index (χ1v) is 8.60. The van der Waals surface area contributed by atoms with Gasteiger partial charge in [-0.25, -0.2) is 5.01 Å². The van der Waals surface area contributed by atoms with Crippen molar-refractivity contribution in [3.05, 3.63) is 39.9 Å². The molecule has 7 nitrogen and oxygen atoms in total. The fourth-order valence-electron chi connectivity index (χ4n) is 2.89. The zero-order valence-electron chi connectivity index (χ0n) is 14.6. The number of rotatable bonds is 9. The largest absolute Gasteiger partial charge is 0.293 e. The molecule has 1 atom stereocenters. The third-order valence-corrected chi connectivity index (χ3v) is 4.27. The Morgan fingerprint density at radius 1 is 1.28 bits per heavy atom. The molecule has 1 aliphatic heterocycles. The van der Waals surface area contributed by atoms with E-state index in [0.717, 1.165) is 25.7 Å². The number of hydrogen-bond donors (Lipinski definition) is 0. The molecule has 0 saturated carbocycles. The number of non-ortho nitro benzene ring substituents is 1. The molecule has 25 heavy (non-hydrogen) atoms. The molecular formula is C18H23N3O4. The Kier molecular flexibility index (Phi) is 6.38. The van der Waals surface area contributed by atoms with Gasteiger partial charge in [-0.3, -0.25) is 19.7 Å². The van der Waals surface area contributed by atoms with Crippen molar-refractivity contribution < 1.29 is 14.5 Å². The monoisotopic (exact) mass is 345 g/mol. The second-order valence-electron chi connectivity index (χ2n) is 6.22. The van der Waals surface area contributed by atoms with Gasteiger partial charge in [-0.2, -0.15) is 5.10 Å². The van der Waals surface area contributed by atoms with Crippen molar-refractivity contribution in [3.63, 3.8) is 0 Å². The molecule has 0 bridgehead atoms. The predicted octanol–water partition coefficient (Wildman–Crippen LogP) is 3.58. The molecule has 0 N–H and O–H groups in total. The molecule has 0 aromatic heterocycles. The van der Waals surface area contributed by atoms with E-state index < -0.39 is 16.6 Å². The Balaban J connectivity index is 2.04. The van der Waals surface area contributed by atoms with Crippen LogP contribution in [0.25, 0.3) is 0 Å². The minimum atomic E-state index is -0.974. The number of Topliss-reactive ketones (excluding diaryl/α,β-unsaturated/α-hetero) is 1. The SMILES string of the molecule is CCCCCCCN1N=C(C)C(C(=O)c2cccc([N+](=O)[O-])c2)C1=O. The van der Waals surface area contributed by atoms with Crippen molar-refractivity contribution in [1.29, 1.82) is 0 Å². The molecule has 0 spiro atoms. The standard InChI is InChI=1S/C18H23N3O4/c1-3-4-5-6-7-11-20-18(23)16(13(2)19-20)17(22)14-9-8-10-15(12-14)21(24)25/h8-10,12,16H,3-7,11H2,1-2H3. The van der Waals surface area contributed by atoms with Crippen LogP contribution < -0.4 is 0 Å². The van der Waals surface area contributed by atoms with Gasteiger partial charge in [0.1, 0.15) is 5.92 Å². The highest BCUT2D eigenvalue weighted by Gasteiger charge is 2.39. The lowest BCUT2D eigenvalue weighted by molar-refractivity contribution is -0.384. The number of carbonyl (C=O) groups is 2. The van der Waals surface area contributed by atoms with Crippen LogP contribution in [0.15, 0.2) is 29.4 Å². The second kappa shape index (κ2) is 8.50. The summed E-state index contributed by atoms with van der Waals surface area (Å²) >= 11 is 0. The minimum Gasteiger partial charge on any atom is -0.293 e. The molecule has 0 radical (unpaired) electrons. The van der Waals surface area contributed by atoms with E-state index in [1.165, 1.54) is 35.7 Å². The lowest BCUT2D eigenvalue weighted by atomic mass is 9.93. The van der Waals surface area contributed by atoms with Gasteiger partial charge in [-0.05, 0) is 13.3 Å². The van der Waals surface area contributed by atoms with Crippen molar-refractivity contribution in [2.45, 2.75) is 46.0 Å². The number of nitrogens with zero attached hydrogens (tertiary/aromatic N) is 3. The van der Waals surface area contributed by atoms with Crippen molar-refractivity contribution in [3.8, 4) is 0 Å². The summed E-state index contributed by atoms with van der Waals surface area (Å²) in [7, 11) is 0. The zero-order chi connectivity index (χ0) is 18.4. The number of hydrogen-bond acceptors (Lipinski definition) is 5. The van der Waals surface area contributed by atoms with E-state index in [1.54, 1.807) is 6.92 Å². The highest BCUT2D eigenvalue weighted by atomic mass is 16.6. The Morgan fingerprint density at radius 3 is 2.68 bits per heavy atom. The molecule has 1 aromatic rings. The molecule has 0 fully saturated rings. The van der Waals surface area contributed by atoms with Gasteiger partial charge in [-0.15, -0.1) is 0 Å². The van der Waals surface area contributed by atoms with Crippen LogP contribution in [0.1, 0.15) is 56.3 Å². The van der Waals surface area contributed by atoms with Gasteiger partial charge in [0.25, 0.3) is 11.6 Å². The van der Waals surface area contributed by atoms with Crippen LogP contribution in [0, 0.1) is 16.0 Å². The lowest BCUT2D eigenvalue weighted by Gasteiger charge is -2.13. The maximum atomic E-state index is 12.7. The molecular weight excluding hydrogens is 322 g/mol. The molecule has 1 amide bonds. The Bertz CT molecular complexity index is 699. The molecule has 134 valence electrons. The van der Waals surface area contributed by atoms with Crippen LogP contribution in [0.4, 0.5) is 5.69 Å². The molecule has 7 heteroatoms. The van der Waals surface area contributed by atoms with Gasteiger partial charge in [0, 0.05) is 24.2 Å². The maximum absolute atomic E-state index is 12.7. The lowest BCUT2D eigenvalue weighted by Crippen LogP contribution is -2.33. The van der Waals surface area contributed by atoms with Gasteiger partial charge in [-0.1, -0.05) is 44.7 Å². The van der Waals surface area contributed by atoms with Crippen LogP contribution in [0.3, 0.4) is 0 Å². The Labute approximate surface area is 146 Å². The number of benzene rings is 1. The van der Waals surface area contributed by atoms with Crippen molar-refractivity contribution in [1.82, 2.24) is 5.01 Å². The fraction of sp³-hybridized carbons (Fsp3) is 0.500. The van der Waals surface area contributed by atoms with Gasteiger partial charge in [0.2, 0.25) is 0 Å². The van der Waals surface area contributed by atoms with Crippen LogP contribution >= 0.6 is 0 Å². The van der Waals surface area contributed by atoms with Crippen LogP contribution in [-0.4, -0.2) is 33.9 Å². The van der Waals surface area contributed by atoms with E-state index in [9.17, 15) is 19.7 Å². The van der Waals surface area contributed by atoms with E-state index in [0.29, 0.717) is 12.3 Å². The summed E-state index contributed by atoms with van der Waals surface area (Å²) in [4.78, 5) is 35.5. The smallest absolute Gasteiger partial charge is 0.270 e. The van der Waals surface area contributed by atoms with E-state index in [2.05, 4.69) is 12.0 Å². The molecule has 2 rings (SSSR count). The molecule has 0 saturated heterocycles. The zero-order valence-corrected chi connectivity index (χ0v) is 14.6. The summed E-state index contributed by atoms with van der Waals surface area (Å²) in [5.41, 5.74) is 0.431. The molecule has 0 aliphatic carbocycles. The van der Waals surface area contributed by atoms with E-state index in [4.69, 9.17) is 0 Å². The Hall–Kier alpha value is -2.57. The normalized spacial score (nSPS) is 16.9. The summed E-state index contributed by atoms with van der Waals surface area (Å²) in [6, 6.07) is 5.46. The first kappa shape index (κ1) is 18.8. The topological polar surface area (TPSA) is 92.9 Å². The highest BCUT2D eigenvalue weighted by molar-refractivity contribution is 6.26. The summed E-state index contributed by atoms with van der Waals surface area (Å²) in [5.74, 6) is -1.76. The molecule has 1 aliphatic rings. The molecule has 1 aromatic carbocycles. The summed E-state index contributed by atoms with van der Waals surface area (Å²) in [6.45, 7) is 4.29. The quantitative estimate of drug-likeness (QED) is 0.225. The maximum Gasteiger partial charge on any atom is 0.270 e. The van der Waals surface area contributed by atoms with Crippen LogP contribution in [-0.2, 0) is 4.79 Å². The number of hydrazone groups is 1. The highest BCUT2D eigenvalue weighted by Crippen LogP contribution is 2.23. The summed E-state index contributed by atoms with van der Waals surface area (Å²) < 4.78 is 0. The third kappa shape index (κ3) is 4.49. The molecule has 1 unspecified atom stereocenters. The average molecular weight is 345 g/mol. The van der Waals surface area contributed by atoms with Gasteiger partial charge >= 0.3 is 0 Å². The van der Waals surface area contributed by atoms with E-state index >= 15 is 0 Å². The number of unbranched alkanes of at least 4 members (excludes halogenated alkanes) is 4. The Morgan fingerprint density at radius 2 is 2.00 bits per heavy atom. The van der Waals surface area contributed by atoms with Crippen LogP contribution in [0.5, 0.6) is 0 Å². The number of amides is 1. The fourth-order valence-corrected chi connectivity index (χ4v) is 2.89.